The van der Waals surface area contributed by atoms with Gasteiger partial charge in [0.1, 0.15) is 5.70 Å². The Morgan fingerprint density at radius 2 is 2.50 bits per heavy atom. The fraction of sp³-hybridized carbons (Fsp3) is 0.125. The summed E-state index contributed by atoms with van der Waals surface area (Å²) in [5.41, 5.74) is 2.26. The Morgan fingerprint density at radius 1 is 1.50 bits per heavy atom. The molecular formula is C8H8N4. The van der Waals surface area contributed by atoms with Gasteiger partial charge in [0.25, 0.3) is 0 Å². The van der Waals surface area contributed by atoms with Crippen molar-refractivity contribution in [1.82, 2.24) is 15.3 Å². The highest BCUT2D eigenvalue weighted by atomic mass is 15.7. The molecule has 60 valence electrons. The Bertz CT molecular complexity index is 337. The van der Waals surface area contributed by atoms with Gasteiger partial charge in [-0.05, 0) is 6.08 Å². The quantitative estimate of drug-likeness (QED) is 0.555. The summed E-state index contributed by atoms with van der Waals surface area (Å²) < 4.78 is 0. The fourth-order valence-corrected chi connectivity index (χ4v) is 1.56. The summed E-state index contributed by atoms with van der Waals surface area (Å²) in [6.07, 6.45) is 9.79. The maximum absolute atomic E-state index is 4.05. The van der Waals surface area contributed by atoms with Crippen LogP contribution >= 0.6 is 0 Å². The Morgan fingerprint density at radius 3 is 3.50 bits per heavy atom. The molecule has 3 rings (SSSR count). The molecule has 4 heteroatoms. The molecule has 4 nitrogen and oxygen atoms in total. The molecule has 3 aliphatic rings. The van der Waals surface area contributed by atoms with Crippen LogP contribution in [0.4, 0.5) is 0 Å². The zero-order valence-corrected chi connectivity index (χ0v) is 6.44. The van der Waals surface area contributed by atoms with Gasteiger partial charge in [0.15, 0.2) is 0 Å². The molecule has 0 aromatic heterocycles. The summed E-state index contributed by atoms with van der Waals surface area (Å²) in [5.74, 6) is 0. The summed E-state index contributed by atoms with van der Waals surface area (Å²) in [7, 11) is 0. The topological polar surface area (TPSA) is 30.9 Å². The van der Waals surface area contributed by atoms with Crippen LogP contribution < -0.4 is 5.32 Å². The Kier molecular flexibility index (Phi) is 0.935. The zero-order valence-electron chi connectivity index (χ0n) is 6.44. The standard InChI is InChI=1S/C8H8N4/c1-2-11-5-7-8(12(11)3-1)4-9-6-10-7/h1-2,4-6H,3H2,(H,9,10). The number of hydrazine groups is 1. The van der Waals surface area contributed by atoms with Crippen molar-refractivity contribution in [3.63, 3.8) is 0 Å². The second-order valence-corrected chi connectivity index (χ2v) is 2.83. The first kappa shape index (κ1) is 5.88. The molecule has 0 aliphatic carbocycles. The molecule has 0 bridgehead atoms. The third kappa shape index (κ3) is 0.592. The van der Waals surface area contributed by atoms with E-state index in [1.807, 2.05) is 12.4 Å². The first-order valence-corrected chi connectivity index (χ1v) is 3.88. The van der Waals surface area contributed by atoms with Crippen molar-refractivity contribution >= 4 is 6.34 Å². The molecule has 0 radical (unpaired) electrons. The molecule has 12 heavy (non-hydrogen) atoms. The van der Waals surface area contributed by atoms with Gasteiger partial charge >= 0.3 is 0 Å². The van der Waals surface area contributed by atoms with Crippen LogP contribution in [0.3, 0.4) is 0 Å². The lowest BCUT2D eigenvalue weighted by Gasteiger charge is -2.22. The van der Waals surface area contributed by atoms with E-state index >= 15 is 0 Å². The summed E-state index contributed by atoms with van der Waals surface area (Å²) >= 11 is 0. The van der Waals surface area contributed by atoms with E-state index in [1.54, 1.807) is 6.34 Å². The van der Waals surface area contributed by atoms with Gasteiger partial charge in [0, 0.05) is 6.20 Å². The number of nitrogens with zero attached hydrogens (tertiary/aromatic N) is 3. The molecule has 0 fully saturated rings. The van der Waals surface area contributed by atoms with E-state index in [2.05, 4.69) is 32.6 Å². The third-order valence-corrected chi connectivity index (χ3v) is 2.12. The van der Waals surface area contributed by atoms with Crippen LogP contribution in [-0.4, -0.2) is 22.9 Å². The maximum Gasteiger partial charge on any atom is 0.102 e. The summed E-state index contributed by atoms with van der Waals surface area (Å²) in [6, 6.07) is 0. The van der Waals surface area contributed by atoms with E-state index in [0.29, 0.717) is 0 Å². The van der Waals surface area contributed by atoms with Crippen molar-refractivity contribution in [3.8, 4) is 0 Å². The van der Waals surface area contributed by atoms with Crippen molar-refractivity contribution in [2.75, 3.05) is 6.54 Å². The molecule has 0 saturated carbocycles. The maximum atomic E-state index is 4.05. The van der Waals surface area contributed by atoms with E-state index in [4.69, 9.17) is 0 Å². The average Bonchev–Trinajstić information content (AvgIpc) is 2.62. The van der Waals surface area contributed by atoms with Gasteiger partial charge in [-0.3, -0.25) is 10.0 Å². The molecule has 0 atom stereocenters. The molecule has 0 amide bonds. The highest BCUT2D eigenvalue weighted by Crippen LogP contribution is 2.28. The van der Waals surface area contributed by atoms with Gasteiger partial charge in [-0.15, -0.1) is 0 Å². The number of rotatable bonds is 0. The Labute approximate surface area is 70.1 Å². The van der Waals surface area contributed by atoms with Crippen LogP contribution in [0.5, 0.6) is 0 Å². The van der Waals surface area contributed by atoms with Crippen LogP contribution in [-0.2, 0) is 0 Å². The van der Waals surface area contributed by atoms with Crippen LogP contribution in [0, 0.1) is 0 Å². The van der Waals surface area contributed by atoms with Crippen LogP contribution in [0.1, 0.15) is 0 Å². The van der Waals surface area contributed by atoms with Crippen molar-refractivity contribution in [3.05, 3.63) is 36.1 Å². The Balaban J connectivity index is 2.06. The molecule has 0 saturated heterocycles. The van der Waals surface area contributed by atoms with Gasteiger partial charge in [-0.25, -0.2) is 4.99 Å². The lowest BCUT2D eigenvalue weighted by molar-refractivity contribution is 0.176. The summed E-state index contributed by atoms with van der Waals surface area (Å²) in [6.45, 7) is 0.934. The van der Waals surface area contributed by atoms with Crippen LogP contribution in [0.2, 0.25) is 0 Å². The first-order chi connectivity index (χ1) is 5.95. The normalized spacial score (nSPS) is 23.3. The predicted molar refractivity (Wildman–Crippen MR) is 45.5 cm³/mol. The SMILES string of the molecule is C1=CN2C=C3NC=NC=C3N2C1. The van der Waals surface area contributed by atoms with Gasteiger partial charge in [0.05, 0.1) is 31.0 Å². The minimum absolute atomic E-state index is 0.934. The van der Waals surface area contributed by atoms with Gasteiger partial charge < -0.3 is 5.32 Å². The highest BCUT2D eigenvalue weighted by Gasteiger charge is 2.28. The highest BCUT2D eigenvalue weighted by molar-refractivity contribution is 5.64. The third-order valence-electron chi connectivity index (χ3n) is 2.12. The minimum atomic E-state index is 0.934. The largest absolute Gasteiger partial charge is 0.343 e. The van der Waals surface area contributed by atoms with Crippen LogP contribution in [0.15, 0.2) is 41.1 Å². The number of aliphatic imine (C=N–C) groups is 1. The number of nitrogens with one attached hydrogen (secondary N) is 1. The van der Waals surface area contributed by atoms with Gasteiger partial charge in [-0.2, -0.15) is 0 Å². The number of fused-ring (bicyclic) bond motifs is 3. The monoisotopic (exact) mass is 160 g/mol. The summed E-state index contributed by atoms with van der Waals surface area (Å²) in [4.78, 5) is 4.05. The second kappa shape index (κ2) is 1.91. The predicted octanol–water partition coefficient (Wildman–Crippen LogP) is 0.361. The molecule has 0 aromatic carbocycles. The van der Waals surface area contributed by atoms with Crippen molar-refractivity contribution in [1.29, 1.82) is 0 Å². The first-order valence-electron chi connectivity index (χ1n) is 3.88. The summed E-state index contributed by atoms with van der Waals surface area (Å²) in [5, 5.41) is 7.30. The molecule has 0 unspecified atom stereocenters. The van der Waals surface area contributed by atoms with Crippen LogP contribution in [0.25, 0.3) is 0 Å². The second-order valence-electron chi connectivity index (χ2n) is 2.83. The van der Waals surface area contributed by atoms with E-state index in [0.717, 1.165) is 17.9 Å². The van der Waals surface area contributed by atoms with E-state index in [9.17, 15) is 0 Å². The molecule has 0 aromatic rings. The van der Waals surface area contributed by atoms with Crippen molar-refractivity contribution < 1.29 is 0 Å². The van der Waals surface area contributed by atoms with Gasteiger partial charge in [-0.1, -0.05) is 0 Å². The Hall–Kier alpha value is -1.71. The molecular weight excluding hydrogens is 152 g/mol. The molecule has 0 spiro atoms. The smallest absolute Gasteiger partial charge is 0.102 e. The average molecular weight is 160 g/mol. The fourth-order valence-electron chi connectivity index (χ4n) is 1.56. The zero-order chi connectivity index (χ0) is 7.97. The number of hydrogen-bond acceptors (Lipinski definition) is 4. The molecule has 3 aliphatic heterocycles. The number of hydrogen-bond donors (Lipinski definition) is 1. The molecule has 1 N–H and O–H groups in total. The lowest BCUT2D eigenvalue weighted by Crippen LogP contribution is -2.27. The van der Waals surface area contributed by atoms with E-state index < -0.39 is 0 Å². The van der Waals surface area contributed by atoms with Crippen molar-refractivity contribution in [2.45, 2.75) is 0 Å². The van der Waals surface area contributed by atoms with Crippen molar-refractivity contribution in [2.24, 2.45) is 4.99 Å². The van der Waals surface area contributed by atoms with E-state index in [-0.39, 0.29) is 0 Å². The van der Waals surface area contributed by atoms with E-state index in [1.165, 1.54) is 0 Å². The minimum Gasteiger partial charge on any atom is -0.343 e. The lowest BCUT2D eigenvalue weighted by atomic mass is 10.3. The van der Waals surface area contributed by atoms with Gasteiger partial charge in [0.2, 0.25) is 0 Å². The molecule has 3 heterocycles.